The van der Waals surface area contributed by atoms with Crippen LogP contribution in [-0.2, 0) is 15.8 Å². The molecule has 0 fully saturated rings. The average Bonchev–Trinajstić information content (AvgIpc) is 2.30. The fraction of sp³-hybridized carbons (Fsp3) is 0.538. The summed E-state index contributed by atoms with van der Waals surface area (Å²) in [5.74, 6) is 0.126. The highest BCUT2D eigenvalue weighted by Gasteiger charge is 2.19. The highest BCUT2D eigenvalue weighted by Crippen LogP contribution is 2.17. The molecule has 0 aromatic heterocycles. The first-order valence-corrected chi connectivity index (χ1v) is 8.21. The number of hydrogen-bond donors (Lipinski definition) is 2. The zero-order chi connectivity index (χ0) is 14.5. The van der Waals surface area contributed by atoms with Crippen LogP contribution in [0.25, 0.3) is 0 Å². The number of benzene rings is 1. The van der Waals surface area contributed by atoms with Crippen LogP contribution < -0.4 is 4.72 Å². The first kappa shape index (κ1) is 16.4. The Kier molecular flexibility index (Phi) is 6.26. The Morgan fingerprint density at radius 1 is 1.32 bits per heavy atom. The highest BCUT2D eigenvalue weighted by molar-refractivity contribution is 7.88. The van der Waals surface area contributed by atoms with Crippen molar-refractivity contribution in [3.05, 3.63) is 34.9 Å². The first-order valence-electron chi connectivity index (χ1n) is 6.18. The van der Waals surface area contributed by atoms with E-state index in [1.165, 1.54) is 0 Å². The van der Waals surface area contributed by atoms with Gasteiger partial charge in [0, 0.05) is 11.1 Å². The van der Waals surface area contributed by atoms with Gasteiger partial charge >= 0.3 is 0 Å². The number of aliphatic hydroxyl groups excluding tert-OH is 1. The molecule has 0 radical (unpaired) electrons. The second-order valence-corrected chi connectivity index (χ2v) is 7.14. The summed E-state index contributed by atoms with van der Waals surface area (Å²) in [4.78, 5) is 0. The monoisotopic (exact) mass is 305 g/mol. The summed E-state index contributed by atoms with van der Waals surface area (Å²) in [7, 11) is -3.51. The lowest BCUT2D eigenvalue weighted by Gasteiger charge is -2.18. The van der Waals surface area contributed by atoms with Crippen LogP contribution in [0.15, 0.2) is 24.3 Å². The van der Waals surface area contributed by atoms with Crippen molar-refractivity contribution >= 4 is 21.6 Å². The Bertz CT molecular complexity index is 502. The molecule has 6 heteroatoms. The largest absolute Gasteiger partial charge is 0.395 e. The van der Waals surface area contributed by atoms with E-state index in [4.69, 9.17) is 11.6 Å². The van der Waals surface area contributed by atoms with Crippen molar-refractivity contribution in [3.8, 4) is 0 Å². The minimum Gasteiger partial charge on any atom is -0.395 e. The van der Waals surface area contributed by atoms with E-state index < -0.39 is 16.1 Å². The number of nitrogens with one attached hydrogen (secondary N) is 1. The van der Waals surface area contributed by atoms with Gasteiger partial charge in [-0.05, 0) is 24.0 Å². The number of sulfonamides is 1. The molecule has 0 amide bonds. The van der Waals surface area contributed by atoms with E-state index in [2.05, 4.69) is 4.72 Å². The Morgan fingerprint density at radius 2 is 1.95 bits per heavy atom. The summed E-state index contributed by atoms with van der Waals surface area (Å²) >= 11 is 5.94. The molecule has 1 atom stereocenters. The van der Waals surface area contributed by atoms with E-state index >= 15 is 0 Å². The maximum absolute atomic E-state index is 12.0. The maximum Gasteiger partial charge on any atom is 0.216 e. The van der Waals surface area contributed by atoms with Gasteiger partial charge in [0.15, 0.2) is 0 Å². The molecule has 1 aromatic rings. The molecule has 0 unspecified atom stereocenters. The third-order valence-electron chi connectivity index (χ3n) is 2.63. The third kappa shape index (κ3) is 5.91. The van der Waals surface area contributed by atoms with Crippen LogP contribution in [0.4, 0.5) is 0 Å². The number of hydrogen-bond acceptors (Lipinski definition) is 3. The molecule has 0 bridgehead atoms. The zero-order valence-electron chi connectivity index (χ0n) is 11.1. The smallest absolute Gasteiger partial charge is 0.216 e. The molecular formula is C13H20ClNO3S. The fourth-order valence-electron chi connectivity index (χ4n) is 1.84. The fourth-order valence-corrected chi connectivity index (χ4v) is 3.55. The summed E-state index contributed by atoms with van der Waals surface area (Å²) < 4.78 is 26.6. The molecule has 0 aliphatic rings. The Hall–Kier alpha value is -0.620. The Balaban J connectivity index is 2.73. The quantitative estimate of drug-likeness (QED) is 0.811. The van der Waals surface area contributed by atoms with E-state index in [9.17, 15) is 13.5 Å². The van der Waals surface area contributed by atoms with Crippen LogP contribution in [0, 0.1) is 5.92 Å². The second-order valence-electron chi connectivity index (χ2n) is 4.98. The molecule has 0 saturated heterocycles. The van der Waals surface area contributed by atoms with Gasteiger partial charge in [0.25, 0.3) is 0 Å². The van der Waals surface area contributed by atoms with Gasteiger partial charge in [-0.15, -0.1) is 0 Å². The summed E-state index contributed by atoms with van der Waals surface area (Å²) in [5.41, 5.74) is 0.554. The standard InChI is InChI=1S/C13H20ClNO3S/c1-10(2)7-12(8-16)15-19(17,18)9-11-5-3-4-6-13(11)14/h3-6,10,12,15-16H,7-9H2,1-2H3/t12-/m1/s1. The van der Waals surface area contributed by atoms with Gasteiger partial charge in [0.1, 0.15) is 0 Å². The van der Waals surface area contributed by atoms with Crippen LogP contribution in [0.5, 0.6) is 0 Å². The van der Waals surface area contributed by atoms with Gasteiger partial charge < -0.3 is 5.11 Å². The molecule has 0 aliphatic carbocycles. The number of aliphatic hydroxyl groups is 1. The van der Waals surface area contributed by atoms with Gasteiger partial charge in [0.2, 0.25) is 10.0 Å². The maximum atomic E-state index is 12.0. The lowest BCUT2D eigenvalue weighted by atomic mass is 10.1. The summed E-state index contributed by atoms with van der Waals surface area (Å²) in [6.45, 7) is 3.75. The van der Waals surface area contributed by atoms with Crippen molar-refractivity contribution in [2.75, 3.05) is 6.61 Å². The van der Waals surface area contributed by atoms with Gasteiger partial charge in [-0.1, -0.05) is 43.6 Å². The van der Waals surface area contributed by atoms with Crippen LogP contribution in [0.1, 0.15) is 25.8 Å². The lowest BCUT2D eigenvalue weighted by molar-refractivity contribution is 0.240. The summed E-state index contributed by atoms with van der Waals surface area (Å²) in [6, 6.07) is 6.38. The van der Waals surface area contributed by atoms with Crippen molar-refractivity contribution in [3.63, 3.8) is 0 Å². The average molecular weight is 306 g/mol. The molecule has 0 saturated carbocycles. The predicted octanol–water partition coefficient (Wildman–Crippen LogP) is 2.17. The molecule has 4 nitrogen and oxygen atoms in total. The van der Waals surface area contributed by atoms with Crippen LogP contribution >= 0.6 is 11.6 Å². The minimum atomic E-state index is -3.51. The van der Waals surface area contributed by atoms with Gasteiger partial charge in [-0.25, -0.2) is 13.1 Å². The van der Waals surface area contributed by atoms with Crippen molar-refractivity contribution in [2.24, 2.45) is 5.92 Å². The minimum absolute atomic E-state index is 0.179. The van der Waals surface area contributed by atoms with Crippen molar-refractivity contribution in [1.29, 1.82) is 0 Å². The van der Waals surface area contributed by atoms with Crippen molar-refractivity contribution in [1.82, 2.24) is 4.72 Å². The lowest BCUT2D eigenvalue weighted by Crippen LogP contribution is -2.39. The van der Waals surface area contributed by atoms with Crippen LogP contribution in [-0.4, -0.2) is 26.2 Å². The highest BCUT2D eigenvalue weighted by atomic mass is 35.5. The normalized spacial score (nSPS) is 13.7. The molecule has 0 aliphatic heterocycles. The molecule has 1 rings (SSSR count). The van der Waals surface area contributed by atoms with Gasteiger partial charge in [0.05, 0.1) is 12.4 Å². The summed E-state index contributed by atoms with van der Waals surface area (Å²) in [6.07, 6.45) is 0.595. The Labute approximate surface area is 119 Å². The molecule has 108 valence electrons. The molecule has 0 heterocycles. The van der Waals surface area contributed by atoms with E-state index in [0.29, 0.717) is 22.9 Å². The second kappa shape index (κ2) is 7.24. The first-order chi connectivity index (χ1) is 8.84. The zero-order valence-corrected chi connectivity index (χ0v) is 12.7. The third-order valence-corrected chi connectivity index (χ3v) is 4.38. The SMILES string of the molecule is CC(C)C[C@H](CO)NS(=O)(=O)Cc1ccccc1Cl. The number of rotatable bonds is 7. The Morgan fingerprint density at radius 3 is 2.47 bits per heavy atom. The molecule has 0 spiro atoms. The summed E-state index contributed by atoms with van der Waals surface area (Å²) in [5, 5.41) is 9.63. The molecule has 2 N–H and O–H groups in total. The van der Waals surface area contributed by atoms with Gasteiger partial charge in [-0.2, -0.15) is 0 Å². The van der Waals surface area contributed by atoms with Gasteiger partial charge in [-0.3, -0.25) is 0 Å². The predicted molar refractivity (Wildman–Crippen MR) is 77.5 cm³/mol. The molecule has 1 aromatic carbocycles. The van der Waals surface area contributed by atoms with E-state index in [-0.39, 0.29) is 12.4 Å². The van der Waals surface area contributed by atoms with Crippen LogP contribution in [0.3, 0.4) is 0 Å². The van der Waals surface area contributed by atoms with E-state index in [0.717, 1.165) is 0 Å². The van der Waals surface area contributed by atoms with Crippen LogP contribution in [0.2, 0.25) is 5.02 Å². The topological polar surface area (TPSA) is 66.4 Å². The van der Waals surface area contributed by atoms with Crippen molar-refractivity contribution in [2.45, 2.75) is 32.1 Å². The van der Waals surface area contributed by atoms with E-state index in [1.54, 1.807) is 24.3 Å². The van der Waals surface area contributed by atoms with Crippen molar-refractivity contribution < 1.29 is 13.5 Å². The van der Waals surface area contributed by atoms with E-state index in [1.807, 2.05) is 13.8 Å². The molecular weight excluding hydrogens is 286 g/mol. The number of halogens is 1. The molecule has 19 heavy (non-hydrogen) atoms.